The fourth-order valence-corrected chi connectivity index (χ4v) is 5.46. The van der Waals surface area contributed by atoms with Gasteiger partial charge in [0.1, 0.15) is 17.4 Å². The number of pyridine rings is 3. The number of fused-ring (bicyclic) bond motifs is 1. The summed E-state index contributed by atoms with van der Waals surface area (Å²) in [7, 11) is -3.59. The van der Waals surface area contributed by atoms with Crippen molar-refractivity contribution < 1.29 is 22.7 Å². The molecule has 1 saturated heterocycles. The summed E-state index contributed by atoms with van der Waals surface area (Å²) in [4.78, 5) is 27.5. The van der Waals surface area contributed by atoms with Gasteiger partial charge in [0.2, 0.25) is 5.91 Å². The number of nitrogens with one attached hydrogen (secondary N) is 2. The lowest BCUT2D eigenvalue weighted by Gasteiger charge is -2.36. The number of anilines is 4. The number of hydrogen-bond donors (Lipinski definition) is 2. The Morgan fingerprint density at radius 1 is 1.10 bits per heavy atom. The predicted octanol–water partition coefficient (Wildman–Crippen LogP) is 3.58. The highest BCUT2D eigenvalue weighted by molar-refractivity contribution is 7.90. The van der Waals surface area contributed by atoms with Crippen molar-refractivity contribution in [2.75, 3.05) is 41.5 Å². The number of rotatable bonds is 6. The van der Waals surface area contributed by atoms with Crippen molar-refractivity contribution in [3.63, 3.8) is 0 Å². The van der Waals surface area contributed by atoms with Crippen molar-refractivity contribution in [3.8, 4) is 17.0 Å². The Balaban J connectivity index is 1.54. The van der Waals surface area contributed by atoms with Gasteiger partial charge in [-0.1, -0.05) is 0 Å². The van der Waals surface area contributed by atoms with Gasteiger partial charge in [0, 0.05) is 55.7 Å². The van der Waals surface area contributed by atoms with Crippen molar-refractivity contribution in [2.24, 2.45) is 0 Å². The average Bonchev–Trinajstić information content (AvgIpc) is 2.87. The highest BCUT2D eigenvalue weighted by atomic mass is 32.2. The molecule has 2 N–H and O–H groups in total. The molecule has 2 atom stereocenters. The molecule has 11 nitrogen and oxygen atoms in total. The molecule has 2 aliphatic rings. The maximum Gasteiger partial charge on any atom is 0.222 e. The summed E-state index contributed by atoms with van der Waals surface area (Å²) in [6.07, 6.45) is 6.27. The Bertz CT molecular complexity index is 1490. The van der Waals surface area contributed by atoms with E-state index < -0.39 is 9.84 Å². The lowest BCUT2D eigenvalue weighted by Crippen LogP contribution is -2.45. The van der Waals surface area contributed by atoms with Crippen LogP contribution in [0.5, 0.6) is 5.75 Å². The normalized spacial score (nSPS) is 19.1. The number of amides is 1. The van der Waals surface area contributed by atoms with Crippen LogP contribution in [0.2, 0.25) is 0 Å². The minimum atomic E-state index is -3.59. The van der Waals surface area contributed by atoms with Gasteiger partial charge in [-0.15, -0.1) is 0 Å². The molecule has 0 spiro atoms. The fourth-order valence-electron chi connectivity index (χ4n) is 4.88. The van der Waals surface area contributed by atoms with Crippen LogP contribution in [0.25, 0.3) is 11.3 Å². The first-order chi connectivity index (χ1) is 18.6. The average molecular weight is 553 g/mol. The number of carbonyl (C=O) groups is 1. The number of hydrogen-bond acceptors (Lipinski definition) is 10. The molecule has 0 radical (unpaired) electrons. The lowest BCUT2D eigenvalue weighted by atomic mass is 10.1. The molecular formula is C27H32N6O5S. The zero-order valence-corrected chi connectivity index (χ0v) is 23.2. The van der Waals surface area contributed by atoms with Gasteiger partial charge < -0.3 is 25.0 Å². The Hall–Kier alpha value is -3.77. The van der Waals surface area contributed by atoms with Crippen LogP contribution >= 0.6 is 0 Å². The Morgan fingerprint density at radius 3 is 2.54 bits per heavy atom. The molecule has 12 heteroatoms. The van der Waals surface area contributed by atoms with E-state index in [0.29, 0.717) is 47.4 Å². The summed E-state index contributed by atoms with van der Waals surface area (Å²) in [5.41, 5.74) is 3.66. The van der Waals surface area contributed by atoms with E-state index in [9.17, 15) is 13.2 Å². The van der Waals surface area contributed by atoms with Gasteiger partial charge in [-0.25, -0.2) is 18.4 Å². The van der Waals surface area contributed by atoms with Crippen LogP contribution in [-0.2, 0) is 25.8 Å². The van der Waals surface area contributed by atoms with Crippen molar-refractivity contribution in [3.05, 3.63) is 42.2 Å². The summed E-state index contributed by atoms with van der Waals surface area (Å²) in [5, 5.41) is 5.92. The van der Waals surface area contributed by atoms with E-state index in [4.69, 9.17) is 14.5 Å². The lowest BCUT2D eigenvalue weighted by molar-refractivity contribution is -0.114. The largest absolute Gasteiger partial charge is 0.493 e. The monoisotopic (exact) mass is 552 g/mol. The van der Waals surface area contributed by atoms with E-state index in [-0.39, 0.29) is 23.1 Å². The van der Waals surface area contributed by atoms with Gasteiger partial charge in [0.25, 0.3) is 0 Å². The van der Waals surface area contributed by atoms with Crippen LogP contribution in [-0.4, -0.2) is 67.4 Å². The zero-order valence-electron chi connectivity index (χ0n) is 22.4. The van der Waals surface area contributed by atoms with Gasteiger partial charge in [-0.2, -0.15) is 0 Å². The van der Waals surface area contributed by atoms with Crippen LogP contribution < -0.4 is 20.3 Å². The Labute approximate surface area is 227 Å². The number of carbonyl (C=O) groups excluding carboxylic acids is 1. The van der Waals surface area contributed by atoms with Gasteiger partial charge >= 0.3 is 0 Å². The van der Waals surface area contributed by atoms with Gasteiger partial charge in [0.05, 0.1) is 42.1 Å². The molecule has 5 heterocycles. The van der Waals surface area contributed by atoms with Crippen molar-refractivity contribution >= 4 is 38.8 Å². The van der Waals surface area contributed by atoms with E-state index in [1.165, 1.54) is 13.0 Å². The number of morpholine rings is 1. The number of ether oxygens (including phenoxy) is 2. The number of sulfone groups is 1. The Kier molecular flexibility index (Phi) is 7.41. The van der Waals surface area contributed by atoms with E-state index in [1.54, 1.807) is 12.3 Å². The van der Waals surface area contributed by atoms with Crippen LogP contribution in [0.3, 0.4) is 0 Å². The van der Waals surface area contributed by atoms with E-state index >= 15 is 0 Å². The van der Waals surface area contributed by atoms with Crippen molar-refractivity contribution in [2.45, 2.75) is 50.8 Å². The first-order valence-electron chi connectivity index (χ1n) is 12.8. The molecule has 1 amide bonds. The molecule has 3 aromatic rings. The summed E-state index contributed by atoms with van der Waals surface area (Å²) in [6, 6.07) is 7.08. The number of aromatic nitrogens is 3. The molecule has 0 bridgehead atoms. The maximum absolute atomic E-state index is 12.4. The highest BCUT2D eigenvalue weighted by Gasteiger charge is 2.24. The SMILES string of the molecule is CC(=O)Nc1cc(Nc2nc(S(C)(=O)=O)cc3c2CCCO3)c(-c2ccc(N3CC(C)OC(C)C3)cn2)cn1. The first kappa shape index (κ1) is 26.8. The highest BCUT2D eigenvalue weighted by Crippen LogP contribution is 2.37. The smallest absolute Gasteiger partial charge is 0.222 e. The van der Waals surface area contributed by atoms with Crippen LogP contribution in [0, 0.1) is 0 Å². The summed E-state index contributed by atoms with van der Waals surface area (Å²) >= 11 is 0. The molecule has 0 saturated carbocycles. The number of nitrogens with zero attached hydrogens (tertiary/aromatic N) is 4. The van der Waals surface area contributed by atoms with Crippen LogP contribution in [0.15, 0.2) is 41.7 Å². The molecule has 3 aromatic heterocycles. The zero-order chi connectivity index (χ0) is 27.7. The third kappa shape index (κ3) is 6.12. The van der Waals surface area contributed by atoms with Gasteiger partial charge in [0.15, 0.2) is 14.9 Å². The fraction of sp³-hybridized carbons (Fsp3) is 0.407. The molecule has 0 aliphatic carbocycles. The minimum absolute atomic E-state index is 0.0835. The predicted molar refractivity (Wildman–Crippen MR) is 148 cm³/mol. The second kappa shape index (κ2) is 10.8. The Morgan fingerprint density at radius 2 is 1.87 bits per heavy atom. The summed E-state index contributed by atoms with van der Waals surface area (Å²) in [6.45, 7) is 7.58. The minimum Gasteiger partial charge on any atom is -0.493 e. The topological polar surface area (TPSA) is 136 Å². The molecular weight excluding hydrogens is 520 g/mol. The standard InChI is InChI=1S/C27H32N6O5S/c1-16-14-33(15-17(2)38-16)19-7-8-22(28-12-19)21-13-29-25(30-18(3)34)10-23(21)31-27-20-6-5-9-37-24(20)11-26(32-27)39(4,35)36/h7-8,10-13,16-17H,5-6,9,14-15H2,1-4H3,(H2,29,30,31,32,34). The van der Waals surface area contributed by atoms with Crippen LogP contribution in [0.1, 0.15) is 32.8 Å². The van der Waals surface area contributed by atoms with Crippen molar-refractivity contribution in [1.82, 2.24) is 15.0 Å². The molecule has 1 fully saturated rings. The van der Waals surface area contributed by atoms with Gasteiger partial charge in [-0.3, -0.25) is 9.78 Å². The molecule has 5 rings (SSSR count). The molecule has 206 valence electrons. The first-order valence-corrected chi connectivity index (χ1v) is 14.7. The maximum atomic E-state index is 12.4. The molecule has 39 heavy (non-hydrogen) atoms. The third-order valence-corrected chi connectivity index (χ3v) is 7.51. The molecule has 2 unspecified atom stereocenters. The summed E-state index contributed by atoms with van der Waals surface area (Å²) < 4.78 is 36.4. The summed E-state index contributed by atoms with van der Waals surface area (Å²) in [5.74, 6) is 0.946. The van der Waals surface area contributed by atoms with Crippen LogP contribution in [0.4, 0.5) is 23.0 Å². The van der Waals surface area contributed by atoms with E-state index in [2.05, 4.69) is 39.3 Å². The second-order valence-corrected chi connectivity index (χ2v) is 12.0. The quantitative estimate of drug-likeness (QED) is 0.467. The van der Waals surface area contributed by atoms with Gasteiger partial charge in [-0.05, 0) is 38.8 Å². The third-order valence-electron chi connectivity index (χ3n) is 6.54. The van der Waals surface area contributed by atoms with Crippen molar-refractivity contribution in [1.29, 1.82) is 0 Å². The molecule has 0 aromatic carbocycles. The van der Waals surface area contributed by atoms with E-state index in [0.717, 1.165) is 37.0 Å². The second-order valence-electron chi connectivity index (χ2n) is 10.00. The molecule has 2 aliphatic heterocycles. The van der Waals surface area contributed by atoms with E-state index in [1.807, 2.05) is 18.3 Å².